The van der Waals surface area contributed by atoms with Crippen molar-refractivity contribution in [3.05, 3.63) is 90.5 Å². The normalized spacial score (nSPS) is 10.7. The van der Waals surface area contributed by atoms with Gasteiger partial charge in [-0.3, -0.25) is 4.79 Å². The Morgan fingerprint density at radius 3 is 2.42 bits per heavy atom. The number of carbonyl (C=O) groups is 1. The largest absolute Gasteiger partial charge is 0.496 e. The summed E-state index contributed by atoms with van der Waals surface area (Å²) in [6.07, 6.45) is 3.27. The Bertz CT molecular complexity index is 907. The number of methoxy groups -OCH3 is 1. The minimum atomic E-state index is -0.183. The quantitative estimate of drug-likeness (QED) is 0.589. The van der Waals surface area contributed by atoms with Crippen LogP contribution in [-0.2, 0) is 4.79 Å². The molecule has 130 valence electrons. The van der Waals surface area contributed by atoms with Crippen LogP contribution >= 0.6 is 11.8 Å². The molecule has 0 unspecified atom stereocenters. The van der Waals surface area contributed by atoms with Gasteiger partial charge in [-0.25, -0.2) is 0 Å². The maximum atomic E-state index is 12.3. The van der Waals surface area contributed by atoms with E-state index in [9.17, 15) is 4.79 Å². The summed E-state index contributed by atoms with van der Waals surface area (Å²) in [6.45, 7) is 0. The van der Waals surface area contributed by atoms with Crippen LogP contribution in [-0.4, -0.2) is 13.0 Å². The third-order valence-corrected chi connectivity index (χ3v) is 4.75. The molecule has 0 fully saturated rings. The molecular weight excluding hydrogens is 342 g/mol. The number of anilines is 1. The number of para-hydroxylation sites is 2. The highest BCUT2D eigenvalue weighted by molar-refractivity contribution is 7.99. The third-order valence-electron chi connectivity index (χ3n) is 3.67. The lowest BCUT2D eigenvalue weighted by atomic mass is 10.2. The predicted molar refractivity (Wildman–Crippen MR) is 108 cm³/mol. The first-order valence-corrected chi connectivity index (χ1v) is 9.02. The van der Waals surface area contributed by atoms with E-state index in [-0.39, 0.29) is 5.91 Å². The second-order valence-corrected chi connectivity index (χ2v) is 6.59. The Morgan fingerprint density at radius 2 is 1.62 bits per heavy atom. The molecule has 3 aromatic carbocycles. The van der Waals surface area contributed by atoms with Crippen molar-refractivity contribution in [1.29, 1.82) is 0 Å². The zero-order valence-electron chi connectivity index (χ0n) is 14.4. The molecule has 3 nitrogen and oxygen atoms in total. The van der Waals surface area contributed by atoms with Crippen LogP contribution in [0.4, 0.5) is 5.69 Å². The van der Waals surface area contributed by atoms with Crippen molar-refractivity contribution in [3.63, 3.8) is 0 Å². The van der Waals surface area contributed by atoms with Gasteiger partial charge in [-0.05, 0) is 36.4 Å². The first-order valence-electron chi connectivity index (χ1n) is 8.20. The minimum Gasteiger partial charge on any atom is -0.496 e. The van der Waals surface area contributed by atoms with Gasteiger partial charge in [0.05, 0.1) is 12.8 Å². The van der Waals surface area contributed by atoms with E-state index in [0.717, 1.165) is 26.8 Å². The molecule has 0 bridgehead atoms. The molecule has 0 aliphatic rings. The Morgan fingerprint density at radius 1 is 0.923 bits per heavy atom. The van der Waals surface area contributed by atoms with Gasteiger partial charge in [0, 0.05) is 21.4 Å². The summed E-state index contributed by atoms with van der Waals surface area (Å²) in [5, 5.41) is 2.95. The van der Waals surface area contributed by atoms with E-state index < -0.39 is 0 Å². The van der Waals surface area contributed by atoms with Gasteiger partial charge in [0.2, 0.25) is 5.91 Å². The molecule has 1 amide bonds. The van der Waals surface area contributed by atoms with E-state index in [4.69, 9.17) is 4.74 Å². The lowest BCUT2D eigenvalue weighted by Gasteiger charge is -2.09. The SMILES string of the molecule is COc1ccccc1/C=C/C(=O)Nc1ccccc1Sc1ccccc1. The molecule has 0 saturated heterocycles. The van der Waals surface area contributed by atoms with Crippen LogP contribution in [0.15, 0.2) is 94.7 Å². The van der Waals surface area contributed by atoms with Crippen molar-refractivity contribution in [2.75, 3.05) is 12.4 Å². The van der Waals surface area contributed by atoms with Gasteiger partial charge in [-0.2, -0.15) is 0 Å². The molecule has 0 heterocycles. The molecule has 3 aromatic rings. The highest BCUT2D eigenvalue weighted by atomic mass is 32.2. The summed E-state index contributed by atoms with van der Waals surface area (Å²) in [7, 11) is 1.61. The second-order valence-electron chi connectivity index (χ2n) is 5.48. The average molecular weight is 361 g/mol. The van der Waals surface area contributed by atoms with Crippen LogP contribution in [0.2, 0.25) is 0 Å². The van der Waals surface area contributed by atoms with Gasteiger partial charge in [-0.1, -0.05) is 60.3 Å². The molecule has 0 radical (unpaired) electrons. The van der Waals surface area contributed by atoms with Crippen molar-refractivity contribution in [1.82, 2.24) is 0 Å². The molecule has 0 saturated carbocycles. The lowest BCUT2D eigenvalue weighted by Crippen LogP contribution is -2.08. The first-order chi connectivity index (χ1) is 12.8. The lowest BCUT2D eigenvalue weighted by molar-refractivity contribution is -0.111. The summed E-state index contributed by atoms with van der Waals surface area (Å²) in [4.78, 5) is 14.5. The van der Waals surface area contributed by atoms with Gasteiger partial charge >= 0.3 is 0 Å². The number of rotatable bonds is 6. The number of benzene rings is 3. The topological polar surface area (TPSA) is 38.3 Å². The number of carbonyl (C=O) groups excluding carboxylic acids is 1. The fraction of sp³-hybridized carbons (Fsp3) is 0.0455. The van der Waals surface area contributed by atoms with E-state index in [1.165, 1.54) is 6.08 Å². The molecule has 3 rings (SSSR count). The zero-order valence-corrected chi connectivity index (χ0v) is 15.2. The predicted octanol–water partition coefficient (Wildman–Crippen LogP) is 5.50. The molecule has 4 heteroatoms. The molecular formula is C22H19NO2S. The Hall–Kier alpha value is -2.98. The maximum Gasteiger partial charge on any atom is 0.248 e. The van der Waals surface area contributed by atoms with Crippen LogP contribution in [0.25, 0.3) is 6.08 Å². The summed E-state index contributed by atoms with van der Waals surface area (Å²) in [6, 6.07) is 25.4. The van der Waals surface area contributed by atoms with Crippen molar-refractivity contribution < 1.29 is 9.53 Å². The zero-order chi connectivity index (χ0) is 18.2. The van der Waals surface area contributed by atoms with E-state index in [1.807, 2.05) is 78.9 Å². The fourth-order valence-corrected chi connectivity index (χ4v) is 3.34. The second kappa shape index (κ2) is 8.92. The van der Waals surface area contributed by atoms with Gasteiger partial charge in [0.1, 0.15) is 5.75 Å². The van der Waals surface area contributed by atoms with Crippen LogP contribution in [0.5, 0.6) is 5.75 Å². The van der Waals surface area contributed by atoms with Gasteiger partial charge < -0.3 is 10.1 Å². The van der Waals surface area contributed by atoms with Gasteiger partial charge in [-0.15, -0.1) is 0 Å². The summed E-state index contributed by atoms with van der Waals surface area (Å²) < 4.78 is 5.30. The van der Waals surface area contributed by atoms with Crippen molar-refractivity contribution in [2.24, 2.45) is 0 Å². The van der Waals surface area contributed by atoms with Crippen LogP contribution < -0.4 is 10.1 Å². The molecule has 0 aliphatic carbocycles. The van der Waals surface area contributed by atoms with Crippen LogP contribution in [0.1, 0.15) is 5.56 Å². The van der Waals surface area contributed by atoms with Crippen molar-refractivity contribution in [3.8, 4) is 5.75 Å². The fourth-order valence-electron chi connectivity index (χ4n) is 2.42. The molecule has 0 spiro atoms. The Labute approximate surface area is 157 Å². The van der Waals surface area contributed by atoms with Crippen LogP contribution in [0, 0.1) is 0 Å². The molecule has 26 heavy (non-hydrogen) atoms. The summed E-state index contributed by atoms with van der Waals surface area (Å²) in [5.41, 5.74) is 1.65. The molecule has 1 N–H and O–H groups in total. The van der Waals surface area contributed by atoms with E-state index in [1.54, 1.807) is 24.9 Å². The number of ether oxygens (including phenoxy) is 1. The molecule has 0 atom stereocenters. The van der Waals surface area contributed by atoms with Crippen molar-refractivity contribution >= 4 is 29.4 Å². The monoisotopic (exact) mass is 361 g/mol. The minimum absolute atomic E-state index is 0.183. The van der Waals surface area contributed by atoms with E-state index in [0.29, 0.717) is 0 Å². The standard InChI is InChI=1S/C22H19NO2S/c1-25-20-13-7-5-9-17(20)15-16-22(24)23-19-12-6-8-14-21(19)26-18-10-3-2-4-11-18/h2-16H,1H3,(H,23,24)/b16-15+. The third kappa shape index (κ3) is 4.77. The summed E-state index contributed by atoms with van der Waals surface area (Å²) >= 11 is 1.62. The average Bonchev–Trinajstić information content (AvgIpc) is 2.69. The highest BCUT2D eigenvalue weighted by Gasteiger charge is 2.06. The smallest absolute Gasteiger partial charge is 0.248 e. The van der Waals surface area contributed by atoms with Crippen LogP contribution in [0.3, 0.4) is 0 Å². The molecule has 0 aromatic heterocycles. The van der Waals surface area contributed by atoms with E-state index in [2.05, 4.69) is 5.32 Å². The molecule has 0 aliphatic heterocycles. The number of amides is 1. The number of nitrogens with one attached hydrogen (secondary N) is 1. The number of hydrogen-bond donors (Lipinski definition) is 1. The van der Waals surface area contributed by atoms with Crippen molar-refractivity contribution in [2.45, 2.75) is 9.79 Å². The van der Waals surface area contributed by atoms with E-state index >= 15 is 0 Å². The maximum absolute atomic E-state index is 12.3. The first kappa shape index (κ1) is 17.8. The van der Waals surface area contributed by atoms with Gasteiger partial charge in [0.25, 0.3) is 0 Å². The Balaban J connectivity index is 1.72. The summed E-state index contributed by atoms with van der Waals surface area (Å²) in [5.74, 6) is 0.550. The number of hydrogen-bond acceptors (Lipinski definition) is 3. The highest BCUT2D eigenvalue weighted by Crippen LogP contribution is 2.33. The Kier molecular flexibility index (Phi) is 6.12. The van der Waals surface area contributed by atoms with Gasteiger partial charge in [0.15, 0.2) is 0 Å².